The van der Waals surface area contributed by atoms with Crippen molar-refractivity contribution in [3.05, 3.63) is 22.7 Å². The number of nitrogen functional groups attached to an aromatic ring is 1. The zero-order valence-corrected chi connectivity index (χ0v) is 11.9. The van der Waals surface area contributed by atoms with Gasteiger partial charge in [-0.1, -0.05) is 0 Å². The fourth-order valence-electron chi connectivity index (χ4n) is 1.04. The molecule has 0 radical (unpaired) electrons. The van der Waals surface area contributed by atoms with Crippen molar-refractivity contribution in [3.8, 4) is 0 Å². The second-order valence-corrected chi connectivity index (χ2v) is 8.02. The number of sulfone groups is 1. The molecule has 16 heavy (non-hydrogen) atoms. The number of nitrogens with two attached hydrogens (primary N) is 1. The molecule has 1 unspecified atom stereocenters. The van der Waals surface area contributed by atoms with Crippen molar-refractivity contribution in [3.63, 3.8) is 0 Å². The lowest BCUT2D eigenvalue weighted by atomic mass is 10.3. The van der Waals surface area contributed by atoms with E-state index in [1.165, 1.54) is 0 Å². The first kappa shape index (κ1) is 13.7. The molecule has 0 aliphatic rings. The summed E-state index contributed by atoms with van der Waals surface area (Å²) >= 11 is 3.25. The van der Waals surface area contributed by atoms with Gasteiger partial charge >= 0.3 is 0 Å². The van der Waals surface area contributed by atoms with Crippen molar-refractivity contribution in [1.29, 1.82) is 0 Å². The topological polar surface area (TPSA) is 77.2 Å². The van der Waals surface area contributed by atoms with Gasteiger partial charge in [0.05, 0.1) is 21.4 Å². The van der Waals surface area contributed by atoms with Crippen LogP contribution in [0.3, 0.4) is 0 Å². The molecule has 0 bridgehead atoms. The number of benzene rings is 1. The second kappa shape index (κ2) is 5.29. The minimum absolute atomic E-state index is 0.0869. The molecule has 0 aliphatic heterocycles. The van der Waals surface area contributed by atoms with Crippen molar-refractivity contribution in [2.75, 3.05) is 23.5 Å². The number of rotatable bonds is 4. The maximum atomic E-state index is 11.8. The van der Waals surface area contributed by atoms with E-state index >= 15 is 0 Å². The molecule has 0 saturated heterocycles. The van der Waals surface area contributed by atoms with E-state index in [0.29, 0.717) is 15.1 Å². The van der Waals surface area contributed by atoms with E-state index in [9.17, 15) is 12.6 Å². The highest BCUT2D eigenvalue weighted by Gasteiger charge is 2.11. The van der Waals surface area contributed by atoms with Gasteiger partial charge in [-0.25, -0.2) is 8.42 Å². The Hall–Kier alpha value is -0.400. The standard InChI is InChI=1S/C9H12BrNO3S2/c1-16(13,14)5-4-15(12)9-3-2-7(11)6-8(9)10/h2-3,6H,4-5,11H2,1H3. The van der Waals surface area contributed by atoms with Gasteiger partial charge in [0.15, 0.2) is 0 Å². The maximum absolute atomic E-state index is 11.8. The first-order chi connectivity index (χ1) is 7.29. The number of hydrogen-bond donors (Lipinski definition) is 1. The summed E-state index contributed by atoms with van der Waals surface area (Å²) in [5.41, 5.74) is 6.11. The molecule has 2 N–H and O–H groups in total. The lowest BCUT2D eigenvalue weighted by molar-refractivity contribution is 0.602. The van der Waals surface area contributed by atoms with Gasteiger partial charge in [-0.15, -0.1) is 0 Å². The van der Waals surface area contributed by atoms with Crippen LogP contribution in [0, 0.1) is 0 Å². The number of halogens is 1. The Morgan fingerprint density at radius 1 is 1.44 bits per heavy atom. The summed E-state index contributed by atoms with van der Waals surface area (Å²) in [4.78, 5) is 0.567. The van der Waals surface area contributed by atoms with Crippen LogP contribution in [0.5, 0.6) is 0 Å². The van der Waals surface area contributed by atoms with Crippen LogP contribution >= 0.6 is 15.9 Å². The Kier molecular flexibility index (Phi) is 4.52. The number of anilines is 1. The third-order valence-electron chi connectivity index (χ3n) is 1.84. The summed E-state index contributed by atoms with van der Waals surface area (Å²) in [6, 6.07) is 4.92. The van der Waals surface area contributed by atoms with Crippen molar-refractivity contribution in [1.82, 2.24) is 0 Å². The van der Waals surface area contributed by atoms with Crippen LogP contribution in [0.1, 0.15) is 0 Å². The Morgan fingerprint density at radius 3 is 2.56 bits per heavy atom. The molecule has 0 fully saturated rings. The van der Waals surface area contributed by atoms with Crippen molar-refractivity contribution >= 4 is 42.3 Å². The lowest BCUT2D eigenvalue weighted by Crippen LogP contribution is -2.12. The first-order valence-electron chi connectivity index (χ1n) is 4.41. The van der Waals surface area contributed by atoms with Gasteiger partial charge in [-0.2, -0.15) is 0 Å². The van der Waals surface area contributed by atoms with Gasteiger partial charge in [-0.3, -0.25) is 4.21 Å². The summed E-state index contributed by atoms with van der Waals surface area (Å²) in [6.07, 6.45) is 1.13. The third-order valence-corrected chi connectivity index (χ3v) is 5.38. The molecular formula is C9H12BrNO3S2. The molecule has 1 atom stereocenters. The zero-order valence-electron chi connectivity index (χ0n) is 8.64. The predicted molar refractivity (Wildman–Crippen MR) is 69.5 cm³/mol. The minimum atomic E-state index is -3.08. The van der Waals surface area contributed by atoms with E-state index in [0.717, 1.165) is 6.26 Å². The lowest BCUT2D eigenvalue weighted by Gasteiger charge is -2.05. The van der Waals surface area contributed by atoms with Gasteiger partial charge in [0.2, 0.25) is 0 Å². The molecule has 1 aromatic rings. The summed E-state index contributed by atoms with van der Waals surface area (Å²) in [6.45, 7) is 0. The van der Waals surface area contributed by atoms with Gasteiger partial charge in [0.1, 0.15) is 9.84 Å². The first-order valence-corrected chi connectivity index (χ1v) is 8.58. The highest BCUT2D eigenvalue weighted by atomic mass is 79.9. The van der Waals surface area contributed by atoms with E-state index in [2.05, 4.69) is 15.9 Å². The predicted octanol–water partition coefficient (Wildman–Crippen LogP) is 1.18. The van der Waals surface area contributed by atoms with E-state index in [4.69, 9.17) is 5.73 Å². The smallest absolute Gasteiger partial charge is 0.148 e. The Balaban J connectivity index is 2.82. The van der Waals surface area contributed by atoms with Gasteiger partial charge in [0.25, 0.3) is 0 Å². The SMILES string of the molecule is CS(=O)(=O)CCS(=O)c1ccc(N)cc1Br. The third kappa shape index (κ3) is 4.23. The average molecular weight is 326 g/mol. The van der Waals surface area contributed by atoms with E-state index < -0.39 is 20.6 Å². The number of hydrogen-bond acceptors (Lipinski definition) is 4. The molecule has 0 saturated carbocycles. The molecule has 90 valence electrons. The van der Waals surface area contributed by atoms with Crippen LogP contribution in [0.25, 0.3) is 0 Å². The molecule has 0 amide bonds. The highest BCUT2D eigenvalue weighted by molar-refractivity contribution is 9.10. The monoisotopic (exact) mass is 325 g/mol. The Morgan fingerprint density at radius 2 is 2.06 bits per heavy atom. The van der Waals surface area contributed by atoms with Crippen molar-refractivity contribution in [2.24, 2.45) is 0 Å². The average Bonchev–Trinajstić information content (AvgIpc) is 2.13. The second-order valence-electron chi connectivity index (χ2n) is 3.37. The highest BCUT2D eigenvalue weighted by Crippen LogP contribution is 2.23. The zero-order chi connectivity index (χ0) is 12.3. The summed E-state index contributed by atoms with van der Waals surface area (Å²) in [5.74, 6) is 0.0117. The van der Waals surface area contributed by atoms with E-state index in [1.807, 2.05) is 0 Å². The van der Waals surface area contributed by atoms with Gasteiger partial charge in [0, 0.05) is 22.2 Å². The van der Waals surface area contributed by atoms with E-state index in [1.54, 1.807) is 18.2 Å². The minimum Gasteiger partial charge on any atom is -0.399 e. The van der Waals surface area contributed by atoms with Crippen LogP contribution in [0.2, 0.25) is 0 Å². The summed E-state index contributed by atoms with van der Waals surface area (Å²) < 4.78 is 34.3. The maximum Gasteiger partial charge on any atom is 0.148 e. The van der Waals surface area contributed by atoms with Crippen LogP contribution < -0.4 is 5.73 Å². The van der Waals surface area contributed by atoms with Gasteiger partial charge < -0.3 is 5.73 Å². The molecule has 4 nitrogen and oxygen atoms in total. The molecule has 0 heterocycles. The molecule has 0 aliphatic carbocycles. The molecule has 0 aromatic heterocycles. The van der Waals surface area contributed by atoms with Crippen LogP contribution in [0.15, 0.2) is 27.6 Å². The Labute approximate surface area is 106 Å². The largest absolute Gasteiger partial charge is 0.399 e. The molecule has 0 spiro atoms. The Bertz CT molecular complexity index is 513. The molecule has 1 rings (SSSR count). The molecular weight excluding hydrogens is 314 g/mol. The summed E-state index contributed by atoms with van der Waals surface area (Å²) in [7, 11) is -4.41. The van der Waals surface area contributed by atoms with Crippen LogP contribution in [-0.4, -0.2) is 30.4 Å². The van der Waals surface area contributed by atoms with E-state index in [-0.39, 0.29) is 11.5 Å². The van der Waals surface area contributed by atoms with Gasteiger partial charge in [-0.05, 0) is 34.1 Å². The van der Waals surface area contributed by atoms with Crippen LogP contribution in [0.4, 0.5) is 5.69 Å². The van der Waals surface area contributed by atoms with Crippen molar-refractivity contribution in [2.45, 2.75) is 4.90 Å². The summed E-state index contributed by atoms with van der Waals surface area (Å²) in [5, 5.41) is 0. The molecule has 1 aromatic carbocycles. The van der Waals surface area contributed by atoms with Crippen LogP contribution in [-0.2, 0) is 20.6 Å². The molecule has 7 heteroatoms. The van der Waals surface area contributed by atoms with Crippen molar-refractivity contribution < 1.29 is 12.6 Å². The normalized spacial score (nSPS) is 13.6. The fraction of sp³-hybridized carbons (Fsp3) is 0.333. The quantitative estimate of drug-likeness (QED) is 0.843. The fourth-order valence-corrected chi connectivity index (χ4v) is 4.51.